The monoisotopic (exact) mass is 440 g/mol. The van der Waals surface area contributed by atoms with Gasteiger partial charge >= 0.3 is 0 Å². The highest BCUT2D eigenvalue weighted by Crippen LogP contribution is 2.28. The number of nitrogens with one attached hydrogen (secondary N) is 2. The fourth-order valence-electron chi connectivity index (χ4n) is 3.23. The number of benzene rings is 2. The molecule has 0 radical (unpaired) electrons. The molecule has 2 N–H and O–H groups in total. The first-order valence-electron chi connectivity index (χ1n) is 9.97. The van der Waals surface area contributed by atoms with Gasteiger partial charge in [-0.05, 0) is 42.2 Å². The lowest BCUT2D eigenvalue weighted by molar-refractivity contribution is 0.0950. The van der Waals surface area contributed by atoms with Gasteiger partial charge in [-0.25, -0.2) is 18.1 Å². The Kier molecular flexibility index (Phi) is 6.06. The van der Waals surface area contributed by atoms with Crippen molar-refractivity contribution in [3.8, 4) is 5.75 Å². The second-order valence-corrected chi connectivity index (χ2v) is 9.18. The second kappa shape index (κ2) is 8.91. The Morgan fingerprint density at radius 2 is 2.00 bits per heavy atom. The molecule has 1 fully saturated rings. The van der Waals surface area contributed by atoms with Crippen LogP contribution in [0.5, 0.6) is 5.75 Å². The lowest BCUT2D eigenvalue weighted by Gasteiger charge is -2.12. The summed E-state index contributed by atoms with van der Waals surface area (Å²) < 4.78 is 35.1. The van der Waals surface area contributed by atoms with Crippen molar-refractivity contribution < 1.29 is 17.9 Å². The molecule has 1 aromatic heterocycles. The summed E-state index contributed by atoms with van der Waals surface area (Å²) in [6.45, 7) is 1.01. The molecule has 1 saturated carbocycles. The van der Waals surface area contributed by atoms with E-state index in [1.807, 2.05) is 35.0 Å². The Morgan fingerprint density at radius 3 is 2.71 bits per heavy atom. The summed E-state index contributed by atoms with van der Waals surface area (Å²) in [5.74, 6) is -0.151. The molecule has 3 aromatic rings. The largest absolute Gasteiger partial charge is 0.495 e. The van der Waals surface area contributed by atoms with E-state index in [1.54, 1.807) is 18.6 Å². The summed E-state index contributed by atoms with van der Waals surface area (Å²) in [5.41, 5.74) is 2.29. The Morgan fingerprint density at radius 1 is 1.19 bits per heavy atom. The summed E-state index contributed by atoms with van der Waals surface area (Å²) in [5, 5.41) is 2.86. The highest BCUT2D eigenvalue weighted by Gasteiger charge is 2.30. The zero-order valence-corrected chi connectivity index (χ0v) is 17.9. The van der Waals surface area contributed by atoms with Gasteiger partial charge in [-0.3, -0.25) is 4.79 Å². The van der Waals surface area contributed by atoms with Gasteiger partial charge in [0, 0.05) is 37.1 Å². The zero-order valence-electron chi connectivity index (χ0n) is 17.1. The quantitative estimate of drug-likeness (QED) is 0.532. The molecule has 1 aliphatic carbocycles. The van der Waals surface area contributed by atoms with Crippen molar-refractivity contribution in [1.82, 2.24) is 19.6 Å². The van der Waals surface area contributed by atoms with Crippen LogP contribution in [0.15, 0.2) is 66.1 Å². The third-order valence-corrected chi connectivity index (χ3v) is 6.53. The van der Waals surface area contributed by atoms with Crippen LogP contribution in [0.3, 0.4) is 0 Å². The smallest absolute Gasteiger partial charge is 0.251 e. The van der Waals surface area contributed by atoms with Gasteiger partial charge in [0.05, 0.1) is 13.4 Å². The van der Waals surface area contributed by atoms with Crippen LogP contribution in [0.1, 0.15) is 34.3 Å². The molecular formula is C22H24N4O4S. The number of ether oxygens (including phenoxy) is 1. The van der Waals surface area contributed by atoms with Gasteiger partial charge in [0.2, 0.25) is 10.0 Å². The lowest BCUT2D eigenvalue weighted by atomic mass is 10.1. The summed E-state index contributed by atoms with van der Waals surface area (Å²) in [6.07, 6.45) is 7.01. The zero-order chi connectivity index (χ0) is 21.8. The molecular weight excluding hydrogens is 416 g/mol. The molecule has 0 spiro atoms. The lowest BCUT2D eigenvalue weighted by Crippen LogP contribution is -2.27. The van der Waals surface area contributed by atoms with E-state index in [4.69, 9.17) is 4.74 Å². The molecule has 8 nitrogen and oxygen atoms in total. The molecule has 0 bridgehead atoms. The SMILES string of the molecule is COc1ccc(C(=O)NCc2cccc(Cn3ccnc3)c2)cc1S(=O)(=O)NC1CC1. The molecule has 162 valence electrons. The van der Waals surface area contributed by atoms with Crippen molar-refractivity contribution in [1.29, 1.82) is 0 Å². The summed E-state index contributed by atoms with van der Waals surface area (Å²) in [4.78, 5) is 16.7. The average Bonchev–Trinajstić information content (AvgIpc) is 3.42. The molecule has 0 unspecified atom stereocenters. The van der Waals surface area contributed by atoms with Crippen molar-refractivity contribution in [3.05, 3.63) is 77.9 Å². The van der Waals surface area contributed by atoms with E-state index in [9.17, 15) is 13.2 Å². The van der Waals surface area contributed by atoms with Crippen LogP contribution in [0.2, 0.25) is 0 Å². The van der Waals surface area contributed by atoms with E-state index < -0.39 is 10.0 Å². The fourth-order valence-corrected chi connectivity index (χ4v) is 4.73. The Labute approximate surface area is 181 Å². The summed E-state index contributed by atoms with van der Waals surface area (Å²) >= 11 is 0. The number of sulfonamides is 1. The predicted molar refractivity (Wildman–Crippen MR) is 115 cm³/mol. The minimum Gasteiger partial charge on any atom is -0.495 e. The maximum Gasteiger partial charge on any atom is 0.251 e. The van der Waals surface area contributed by atoms with E-state index in [0.717, 1.165) is 24.0 Å². The number of aromatic nitrogens is 2. The summed E-state index contributed by atoms with van der Waals surface area (Å²) in [7, 11) is -2.35. The van der Waals surface area contributed by atoms with Crippen molar-refractivity contribution in [2.75, 3.05) is 7.11 Å². The Balaban J connectivity index is 1.45. The van der Waals surface area contributed by atoms with Gasteiger partial charge in [0.15, 0.2) is 0 Å². The van der Waals surface area contributed by atoms with Crippen LogP contribution in [0, 0.1) is 0 Å². The number of amides is 1. The first kappa shape index (κ1) is 21.1. The van der Waals surface area contributed by atoms with E-state index in [0.29, 0.717) is 13.1 Å². The third kappa shape index (κ3) is 5.31. The van der Waals surface area contributed by atoms with Crippen LogP contribution >= 0.6 is 0 Å². The van der Waals surface area contributed by atoms with Crippen LogP contribution in [0.25, 0.3) is 0 Å². The number of imidazole rings is 1. The van der Waals surface area contributed by atoms with Crippen molar-refractivity contribution in [3.63, 3.8) is 0 Å². The van der Waals surface area contributed by atoms with Crippen LogP contribution in [-0.2, 0) is 23.1 Å². The molecule has 1 amide bonds. The van der Waals surface area contributed by atoms with Crippen LogP contribution in [-0.4, -0.2) is 37.0 Å². The van der Waals surface area contributed by atoms with Gasteiger partial charge in [0.1, 0.15) is 10.6 Å². The molecule has 9 heteroatoms. The molecule has 0 saturated heterocycles. The number of hydrogen-bond donors (Lipinski definition) is 2. The maximum absolute atomic E-state index is 12.7. The molecule has 0 atom stereocenters. The molecule has 31 heavy (non-hydrogen) atoms. The maximum atomic E-state index is 12.7. The van der Waals surface area contributed by atoms with Gasteiger partial charge in [-0.1, -0.05) is 24.3 Å². The first-order valence-corrected chi connectivity index (χ1v) is 11.4. The fraction of sp³-hybridized carbons (Fsp3) is 0.273. The Bertz CT molecular complexity index is 1170. The second-order valence-electron chi connectivity index (χ2n) is 7.50. The Hall–Kier alpha value is -3.17. The number of carbonyl (C=O) groups is 1. The molecule has 0 aliphatic heterocycles. The topological polar surface area (TPSA) is 102 Å². The number of carbonyl (C=O) groups excluding carboxylic acids is 1. The van der Waals surface area contributed by atoms with Crippen molar-refractivity contribution in [2.45, 2.75) is 36.9 Å². The summed E-state index contributed by atoms with van der Waals surface area (Å²) in [6, 6.07) is 12.3. The average molecular weight is 441 g/mol. The van der Waals surface area contributed by atoms with Gasteiger partial charge in [-0.2, -0.15) is 0 Å². The normalized spacial score (nSPS) is 13.7. The standard InChI is InChI=1S/C22H24N4O4S/c1-30-20-8-5-18(12-21(20)31(28,29)25-19-6-7-19)22(27)24-13-16-3-2-4-17(11-16)14-26-10-9-23-15-26/h2-5,8-12,15,19,25H,6-7,13-14H2,1H3,(H,24,27). The van der Waals surface area contributed by atoms with E-state index in [-0.39, 0.29) is 28.2 Å². The van der Waals surface area contributed by atoms with Crippen LogP contribution < -0.4 is 14.8 Å². The molecule has 4 rings (SSSR count). The number of hydrogen-bond acceptors (Lipinski definition) is 5. The number of methoxy groups -OCH3 is 1. The van der Waals surface area contributed by atoms with Gasteiger partial charge in [0.25, 0.3) is 5.91 Å². The minimum atomic E-state index is -3.76. The predicted octanol–water partition coefficient (Wildman–Crippen LogP) is 2.31. The highest BCUT2D eigenvalue weighted by atomic mass is 32.2. The minimum absolute atomic E-state index is 0.0307. The van der Waals surface area contributed by atoms with E-state index in [2.05, 4.69) is 15.0 Å². The van der Waals surface area contributed by atoms with Crippen molar-refractivity contribution >= 4 is 15.9 Å². The highest BCUT2D eigenvalue weighted by molar-refractivity contribution is 7.89. The first-order chi connectivity index (χ1) is 14.9. The number of rotatable bonds is 9. The molecule has 1 aliphatic rings. The molecule has 1 heterocycles. The van der Waals surface area contributed by atoms with Gasteiger partial charge < -0.3 is 14.6 Å². The molecule has 2 aromatic carbocycles. The number of nitrogens with zero attached hydrogens (tertiary/aromatic N) is 2. The van der Waals surface area contributed by atoms with Crippen LogP contribution in [0.4, 0.5) is 0 Å². The van der Waals surface area contributed by atoms with Crippen molar-refractivity contribution in [2.24, 2.45) is 0 Å². The van der Waals surface area contributed by atoms with E-state index in [1.165, 1.54) is 19.2 Å². The third-order valence-electron chi connectivity index (χ3n) is 4.98. The van der Waals surface area contributed by atoms with E-state index >= 15 is 0 Å². The van der Waals surface area contributed by atoms with Gasteiger partial charge in [-0.15, -0.1) is 0 Å².